The van der Waals surface area contributed by atoms with Gasteiger partial charge >= 0.3 is 0 Å². The fraction of sp³-hybridized carbons (Fsp3) is 0.333. The summed E-state index contributed by atoms with van der Waals surface area (Å²) in [5.74, 6) is -0.394. The quantitative estimate of drug-likeness (QED) is 0.917. The van der Waals surface area contributed by atoms with Gasteiger partial charge in [0.15, 0.2) is 0 Å². The van der Waals surface area contributed by atoms with Crippen LogP contribution in [0.3, 0.4) is 0 Å². The molecule has 0 saturated heterocycles. The van der Waals surface area contributed by atoms with E-state index in [0.717, 1.165) is 23.5 Å². The van der Waals surface area contributed by atoms with Gasteiger partial charge in [0, 0.05) is 6.20 Å². The summed E-state index contributed by atoms with van der Waals surface area (Å²) in [7, 11) is 0. The number of benzene rings is 1. The van der Waals surface area contributed by atoms with E-state index in [9.17, 15) is 4.39 Å². The standard InChI is InChI=1S/C15H17ClFN3/c1-3-18-14(15-9-19-10(2)8-20-15)7-11-4-5-12(16)13(17)6-11/h4-6,8-9,14,18H,3,7H2,1-2H3. The van der Waals surface area contributed by atoms with Crippen LogP contribution in [0.5, 0.6) is 0 Å². The molecule has 1 heterocycles. The molecule has 0 radical (unpaired) electrons. The monoisotopic (exact) mass is 293 g/mol. The zero-order valence-corrected chi connectivity index (χ0v) is 12.3. The van der Waals surface area contributed by atoms with Crippen molar-refractivity contribution in [2.45, 2.75) is 26.3 Å². The summed E-state index contributed by atoms with van der Waals surface area (Å²) in [6, 6.07) is 4.88. The smallest absolute Gasteiger partial charge is 0.142 e. The fourth-order valence-electron chi connectivity index (χ4n) is 2.01. The Morgan fingerprint density at radius 2 is 2.10 bits per heavy atom. The van der Waals surface area contributed by atoms with Crippen LogP contribution in [0.15, 0.2) is 30.6 Å². The van der Waals surface area contributed by atoms with Crippen molar-refractivity contribution >= 4 is 11.6 Å². The molecular weight excluding hydrogens is 277 g/mol. The van der Waals surface area contributed by atoms with Gasteiger partial charge < -0.3 is 5.32 Å². The van der Waals surface area contributed by atoms with E-state index in [1.807, 2.05) is 19.9 Å². The average molecular weight is 294 g/mol. The Kier molecular flexibility index (Phi) is 5.04. The number of halogens is 2. The van der Waals surface area contributed by atoms with Crippen LogP contribution in [-0.4, -0.2) is 16.5 Å². The number of rotatable bonds is 5. The Morgan fingerprint density at radius 1 is 1.30 bits per heavy atom. The molecule has 0 saturated carbocycles. The zero-order chi connectivity index (χ0) is 14.5. The van der Waals surface area contributed by atoms with E-state index in [1.54, 1.807) is 18.5 Å². The lowest BCUT2D eigenvalue weighted by molar-refractivity contribution is 0.531. The van der Waals surface area contributed by atoms with Crippen molar-refractivity contribution in [2.24, 2.45) is 0 Å². The van der Waals surface area contributed by atoms with E-state index in [4.69, 9.17) is 11.6 Å². The van der Waals surface area contributed by atoms with Crippen LogP contribution in [0.4, 0.5) is 4.39 Å². The molecule has 0 fully saturated rings. The van der Waals surface area contributed by atoms with E-state index in [0.29, 0.717) is 6.42 Å². The lowest BCUT2D eigenvalue weighted by Gasteiger charge is -2.17. The van der Waals surface area contributed by atoms with E-state index < -0.39 is 5.82 Å². The molecule has 0 bridgehead atoms. The minimum Gasteiger partial charge on any atom is -0.309 e. The summed E-state index contributed by atoms with van der Waals surface area (Å²) in [5.41, 5.74) is 2.61. The number of aryl methyl sites for hydroxylation is 1. The third-order valence-electron chi connectivity index (χ3n) is 3.03. The van der Waals surface area contributed by atoms with Crippen molar-refractivity contribution < 1.29 is 4.39 Å². The maximum Gasteiger partial charge on any atom is 0.142 e. The summed E-state index contributed by atoms with van der Waals surface area (Å²) < 4.78 is 13.5. The van der Waals surface area contributed by atoms with Gasteiger partial charge in [-0.05, 0) is 37.6 Å². The molecule has 0 amide bonds. The van der Waals surface area contributed by atoms with Crippen molar-refractivity contribution in [3.05, 3.63) is 58.4 Å². The molecule has 0 aliphatic carbocycles. The molecule has 1 atom stereocenters. The Hall–Kier alpha value is -1.52. The van der Waals surface area contributed by atoms with E-state index in [-0.39, 0.29) is 11.1 Å². The van der Waals surface area contributed by atoms with Crippen LogP contribution in [0, 0.1) is 12.7 Å². The molecule has 1 N–H and O–H groups in total. The Morgan fingerprint density at radius 3 is 2.70 bits per heavy atom. The maximum atomic E-state index is 13.5. The minimum absolute atomic E-state index is 0.00803. The van der Waals surface area contributed by atoms with Gasteiger partial charge in [-0.25, -0.2) is 4.39 Å². The van der Waals surface area contributed by atoms with Gasteiger partial charge in [-0.15, -0.1) is 0 Å². The van der Waals surface area contributed by atoms with Gasteiger partial charge in [-0.1, -0.05) is 24.6 Å². The van der Waals surface area contributed by atoms with E-state index >= 15 is 0 Å². The number of nitrogens with one attached hydrogen (secondary N) is 1. The lowest BCUT2D eigenvalue weighted by Crippen LogP contribution is -2.24. The van der Waals surface area contributed by atoms with Gasteiger partial charge in [0.05, 0.1) is 28.6 Å². The van der Waals surface area contributed by atoms with Gasteiger partial charge in [0.1, 0.15) is 5.82 Å². The number of nitrogens with zero attached hydrogens (tertiary/aromatic N) is 2. The fourth-order valence-corrected chi connectivity index (χ4v) is 2.13. The van der Waals surface area contributed by atoms with E-state index in [1.165, 1.54) is 6.07 Å². The molecule has 106 valence electrons. The van der Waals surface area contributed by atoms with Gasteiger partial charge in [-0.3, -0.25) is 9.97 Å². The molecule has 1 aromatic carbocycles. The molecule has 20 heavy (non-hydrogen) atoms. The SMILES string of the molecule is CCNC(Cc1ccc(Cl)c(F)c1)c1cnc(C)cn1. The number of aromatic nitrogens is 2. The zero-order valence-electron chi connectivity index (χ0n) is 11.5. The molecule has 0 spiro atoms. The number of likely N-dealkylation sites (N-methyl/N-ethyl adjacent to an activating group) is 1. The largest absolute Gasteiger partial charge is 0.309 e. The molecular formula is C15H17ClFN3. The molecule has 2 aromatic rings. The number of hydrogen-bond donors (Lipinski definition) is 1. The summed E-state index contributed by atoms with van der Waals surface area (Å²) in [6.07, 6.45) is 4.14. The lowest BCUT2D eigenvalue weighted by atomic mass is 10.0. The van der Waals surface area contributed by atoms with Crippen LogP contribution >= 0.6 is 11.6 Å². The first-order chi connectivity index (χ1) is 9.60. The second kappa shape index (κ2) is 6.77. The van der Waals surface area contributed by atoms with E-state index in [2.05, 4.69) is 15.3 Å². The van der Waals surface area contributed by atoms with Crippen molar-refractivity contribution in [3.63, 3.8) is 0 Å². The van der Waals surface area contributed by atoms with Crippen LogP contribution < -0.4 is 5.32 Å². The Bertz CT molecular complexity index is 572. The molecule has 1 aromatic heterocycles. The highest BCUT2D eigenvalue weighted by molar-refractivity contribution is 6.30. The van der Waals surface area contributed by atoms with Crippen LogP contribution in [0.1, 0.15) is 29.9 Å². The second-order valence-electron chi connectivity index (χ2n) is 4.65. The summed E-state index contributed by atoms with van der Waals surface area (Å²) in [4.78, 5) is 8.65. The summed E-state index contributed by atoms with van der Waals surface area (Å²) in [5, 5.41) is 3.49. The first-order valence-electron chi connectivity index (χ1n) is 6.56. The van der Waals surface area contributed by atoms with Crippen molar-refractivity contribution in [1.82, 2.24) is 15.3 Å². The molecule has 3 nitrogen and oxygen atoms in total. The second-order valence-corrected chi connectivity index (χ2v) is 5.05. The first-order valence-corrected chi connectivity index (χ1v) is 6.93. The minimum atomic E-state index is -0.394. The van der Waals surface area contributed by atoms with Crippen molar-refractivity contribution in [1.29, 1.82) is 0 Å². The predicted molar refractivity (Wildman–Crippen MR) is 78.3 cm³/mol. The highest BCUT2D eigenvalue weighted by Crippen LogP contribution is 2.20. The highest BCUT2D eigenvalue weighted by Gasteiger charge is 2.14. The summed E-state index contributed by atoms with van der Waals surface area (Å²) >= 11 is 5.70. The molecule has 2 rings (SSSR count). The van der Waals surface area contributed by atoms with Crippen molar-refractivity contribution in [3.8, 4) is 0 Å². The third kappa shape index (κ3) is 3.74. The van der Waals surface area contributed by atoms with Crippen LogP contribution in [0.25, 0.3) is 0 Å². The van der Waals surface area contributed by atoms with Gasteiger partial charge in [0.25, 0.3) is 0 Å². The Balaban J connectivity index is 2.20. The normalized spacial score (nSPS) is 12.4. The van der Waals surface area contributed by atoms with Crippen LogP contribution in [0.2, 0.25) is 5.02 Å². The summed E-state index contributed by atoms with van der Waals surface area (Å²) in [6.45, 7) is 4.72. The highest BCUT2D eigenvalue weighted by atomic mass is 35.5. The molecule has 5 heteroatoms. The van der Waals surface area contributed by atoms with Gasteiger partial charge in [0.2, 0.25) is 0 Å². The Labute approximate surface area is 123 Å². The number of hydrogen-bond acceptors (Lipinski definition) is 3. The van der Waals surface area contributed by atoms with Crippen LogP contribution in [-0.2, 0) is 6.42 Å². The topological polar surface area (TPSA) is 37.8 Å². The molecule has 0 aliphatic heterocycles. The maximum absolute atomic E-state index is 13.5. The molecule has 1 unspecified atom stereocenters. The average Bonchev–Trinajstić information content (AvgIpc) is 2.43. The van der Waals surface area contributed by atoms with Gasteiger partial charge in [-0.2, -0.15) is 0 Å². The first kappa shape index (κ1) is 14.9. The van der Waals surface area contributed by atoms with Crippen molar-refractivity contribution in [2.75, 3.05) is 6.54 Å². The predicted octanol–water partition coefficient (Wildman–Crippen LogP) is 3.47. The third-order valence-corrected chi connectivity index (χ3v) is 3.34. The molecule has 0 aliphatic rings.